The summed E-state index contributed by atoms with van der Waals surface area (Å²) < 4.78 is 32.2. The van der Waals surface area contributed by atoms with Crippen molar-refractivity contribution in [3.8, 4) is 6.07 Å². The van der Waals surface area contributed by atoms with Gasteiger partial charge in [0.1, 0.15) is 48.4 Å². The molecule has 4 rings (SSSR count). The lowest BCUT2D eigenvalue weighted by Gasteiger charge is -2.35. The van der Waals surface area contributed by atoms with Crippen molar-refractivity contribution in [2.24, 2.45) is 11.3 Å². The highest BCUT2D eigenvalue weighted by Crippen LogP contribution is 2.45. The molecule has 292 valence electrons. The Labute approximate surface area is 312 Å². The molecule has 0 unspecified atom stereocenters. The van der Waals surface area contributed by atoms with E-state index < -0.39 is 67.3 Å². The van der Waals surface area contributed by atoms with Crippen LogP contribution in [-0.2, 0) is 43.4 Å². The monoisotopic (exact) mass is 756 g/mol. The van der Waals surface area contributed by atoms with Gasteiger partial charge in [-0.05, 0) is 83.1 Å². The van der Waals surface area contributed by atoms with Gasteiger partial charge in [-0.2, -0.15) is 10.4 Å². The molecule has 2 amide bonds. The van der Waals surface area contributed by atoms with Crippen LogP contribution in [0.25, 0.3) is 5.52 Å². The van der Waals surface area contributed by atoms with E-state index in [2.05, 4.69) is 26.8 Å². The molecule has 15 nitrogen and oxygen atoms in total. The SMILES string of the molecule is CCCCC(=O)Nc1ncnn2c([C@]3(C#N)O[C@H](COC(=O)CC4CCC4)[C@@H](OC(=O)[C@@H](NC(=O)OC(C)(C)C)C(C)(C)C)[C@H]3O[Si](C)(C)C)ccc12. The fraction of sp³-hybridized carbons (Fsp3) is 0.703. The van der Waals surface area contributed by atoms with Crippen molar-refractivity contribution in [3.05, 3.63) is 24.2 Å². The van der Waals surface area contributed by atoms with Crippen molar-refractivity contribution < 1.29 is 42.6 Å². The summed E-state index contributed by atoms with van der Waals surface area (Å²) in [5.41, 5.74) is -2.99. The number of esters is 2. The average Bonchev–Trinajstić information content (AvgIpc) is 3.58. The van der Waals surface area contributed by atoms with E-state index in [1.54, 1.807) is 53.7 Å². The number of alkyl carbamates (subject to hydrolysis) is 1. The standard InChI is InChI=1S/C37H56N6O9Si/c1-11-12-16-27(44)41-32-24-17-18-26(43(24)40-22-39-32)37(21-38)31(52-53(8,9)10)29(25(50-37)20-48-28(45)19-23-14-13-15-23)49-33(46)30(35(2,3)4)42-34(47)51-36(5,6)7/h17-18,22-23,25,29-31H,11-16,19-20H2,1-10H3,(H,42,47)(H,39,40,41,44)/t25-,29-,30-,31-,37+/m1/s1. The number of ether oxygens (including phenoxy) is 4. The highest BCUT2D eigenvalue weighted by Gasteiger charge is 2.62. The van der Waals surface area contributed by atoms with Gasteiger partial charge in [-0.25, -0.2) is 19.1 Å². The molecule has 16 heteroatoms. The van der Waals surface area contributed by atoms with E-state index in [0.717, 1.165) is 25.7 Å². The van der Waals surface area contributed by atoms with Crippen molar-refractivity contribution in [1.29, 1.82) is 5.26 Å². The number of nitrogens with zero attached hydrogens (tertiary/aromatic N) is 4. The van der Waals surface area contributed by atoms with Crippen LogP contribution in [0.1, 0.15) is 99.1 Å². The quantitative estimate of drug-likeness (QED) is 0.134. The molecule has 0 aromatic carbocycles. The van der Waals surface area contributed by atoms with Crippen molar-refractivity contribution >= 4 is 43.6 Å². The van der Waals surface area contributed by atoms with Crippen molar-refractivity contribution in [3.63, 3.8) is 0 Å². The summed E-state index contributed by atoms with van der Waals surface area (Å²) in [5, 5.41) is 21.0. The summed E-state index contributed by atoms with van der Waals surface area (Å²) in [6.07, 6.45) is 1.83. The van der Waals surface area contributed by atoms with Crippen molar-refractivity contribution in [2.75, 3.05) is 11.9 Å². The molecule has 3 heterocycles. The molecule has 0 bridgehead atoms. The Hall–Kier alpha value is -4.07. The Bertz CT molecular complexity index is 1680. The van der Waals surface area contributed by atoms with E-state index >= 15 is 0 Å². The molecular formula is C37H56N6O9Si. The van der Waals surface area contributed by atoms with Gasteiger partial charge in [-0.1, -0.05) is 40.5 Å². The highest BCUT2D eigenvalue weighted by molar-refractivity contribution is 6.69. The number of hydrogen-bond acceptors (Lipinski definition) is 12. The minimum atomic E-state index is -2.57. The van der Waals surface area contributed by atoms with E-state index in [4.69, 9.17) is 23.4 Å². The zero-order valence-corrected chi connectivity index (χ0v) is 33.7. The van der Waals surface area contributed by atoms with Gasteiger partial charge < -0.3 is 34.0 Å². The van der Waals surface area contributed by atoms with Gasteiger partial charge >= 0.3 is 18.0 Å². The van der Waals surface area contributed by atoms with Crippen LogP contribution in [0.4, 0.5) is 10.6 Å². The number of fused-ring (bicyclic) bond motifs is 1. The highest BCUT2D eigenvalue weighted by atomic mass is 28.4. The van der Waals surface area contributed by atoms with Gasteiger partial charge in [0.05, 0.1) is 5.69 Å². The number of anilines is 1. The Kier molecular flexibility index (Phi) is 13.0. The molecule has 0 radical (unpaired) electrons. The Morgan fingerprint density at radius 3 is 2.40 bits per heavy atom. The van der Waals surface area contributed by atoms with Crippen LogP contribution in [0.2, 0.25) is 19.6 Å². The number of amides is 2. The van der Waals surface area contributed by atoms with Gasteiger partial charge in [0, 0.05) is 12.8 Å². The van der Waals surface area contributed by atoms with Gasteiger partial charge in [-0.3, -0.25) is 9.59 Å². The number of unbranched alkanes of at least 4 members (excludes halogenated alkanes) is 1. The molecule has 5 atom stereocenters. The van der Waals surface area contributed by atoms with Crippen LogP contribution in [-0.4, -0.2) is 83.4 Å². The Morgan fingerprint density at radius 1 is 1.13 bits per heavy atom. The lowest BCUT2D eigenvalue weighted by atomic mass is 9.83. The molecule has 2 fully saturated rings. The van der Waals surface area contributed by atoms with Crippen LogP contribution < -0.4 is 10.6 Å². The minimum absolute atomic E-state index is 0.216. The van der Waals surface area contributed by atoms with E-state index in [-0.39, 0.29) is 36.4 Å². The first-order valence-corrected chi connectivity index (χ1v) is 21.8. The zero-order valence-electron chi connectivity index (χ0n) is 32.7. The maximum atomic E-state index is 14.2. The van der Waals surface area contributed by atoms with Gasteiger partial charge in [-0.15, -0.1) is 0 Å². The molecule has 1 saturated heterocycles. The number of nitrogens with one attached hydrogen (secondary N) is 2. The lowest BCUT2D eigenvalue weighted by Crippen LogP contribution is -2.55. The van der Waals surface area contributed by atoms with E-state index in [1.165, 1.54) is 10.8 Å². The number of rotatable bonds is 14. The molecule has 53 heavy (non-hydrogen) atoms. The number of carbonyl (C=O) groups excluding carboxylic acids is 4. The van der Waals surface area contributed by atoms with Crippen LogP contribution in [0.3, 0.4) is 0 Å². The van der Waals surface area contributed by atoms with Gasteiger partial charge in [0.15, 0.2) is 20.2 Å². The molecule has 2 aromatic rings. The fourth-order valence-electron chi connectivity index (χ4n) is 6.22. The maximum absolute atomic E-state index is 14.2. The molecule has 1 aliphatic carbocycles. The second-order valence-electron chi connectivity index (χ2n) is 17.0. The summed E-state index contributed by atoms with van der Waals surface area (Å²) in [6.45, 7) is 17.8. The van der Waals surface area contributed by atoms with Gasteiger partial charge in [0.2, 0.25) is 11.5 Å². The van der Waals surface area contributed by atoms with Gasteiger partial charge in [0.25, 0.3) is 0 Å². The minimum Gasteiger partial charge on any atom is -0.463 e. The molecule has 2 aliphatic rings. The van der Waals surface area contributed by atoms with Crippen molar-refractivity contribution in [1.82, 2.24) is 19.9 Å². The predicted octanol–water partition coefficient (Wildman–Crippen LogP) is 5.78. The van der Waals surface area contributed by atoms with Crippen LogP contribution in [0.5, 0.6) is 0 Å². The second-order valence-corrected chi connectivity index (χ2v) is 21.4. The molecule has 2 N–H and O–H groups in total. The summed E-state index contributed by atoms with van der Waals surface area (Å²) in [6, 6.07) is 4.40. The maximum Gasteiger partial charge on any atom is 0.408 e. The fourth-order valence-corrected chi connectivity index (χ4v) is 7.28. The predicted molar refractivity (Wildman–Crippen MR) is 197 cm³/mol. The normalized spacial score (nSPS) is 22.7. The summed E-state index contributed by atoms with van der Waals surface area (Å²) in [7, 11) is -2.57. The first-order chi connectivity index (χ1) is 24.7. The van der Waals surface area contributed by atoms with E-state index in [1.807, 2.05) is 26.6 Å². The molecule has 2 aromatic heterocycles. The average molecular weight is 757 g/mol. The number of aromatic nitrogens is 3. The number of carbonyl (C=O) groups is 4. The lowest BCUT2D eigenvalue weighted by molar-refractivity contribution is -0.164. The molecule has 0 spiro atoms. The summed E-state index contributed by atoms with van der Waals surface area (Å²) in [4.78, 5) is 57.0. The number of nitriles is 1. The zero-order chi connectivity index (χ0) is 39.4. The van der Waals surface area contributed by atoms with Crippen LogP contribution in [0.15, 0.2) is 18.5 Å². The summed E-state index contributed by atoms with van der Waals surface area (Å²) >= 11 is 0. The topological polar surface area (TPSA) is 192 Å². The second kappa shape index (κ2) is 16.5. The molecule has 1 aliphatic heterocycles. The Morgan fingerprint density at radius 2 is 1.83 bits per heavy atom. The largest absolute Gasteiger partial charge is 0.463 e. The molecule has 1 saturated carbocycles. The van der Waals surface area contributed by atoms with E-state index in [0.29, 0.717) is 18.4 Å². The molecular weight excluding hydrogens is 701 g/mol. The Balaban J connectivity index is 1.78. The smallest absolute Gasteiger partial charge is 0.408 e. The number of hydrogen-bond donors (Lipinski definition) is 2. The third-order valence-electron chi connectivity index (χ3n) is 9.00. The third kappa shape index (κ3) is 10.5. The van der Waals surface area contributed by atoms with E-state index in [9.17, 15) is 24.4 Å². The van der Waals surface area contributed by atoms with Crippen LogP contribution in [0, 0.1) is 22.7 Å². The third-order valence-corrected chi connectivity index (χ3v) is 9.96. The van der Waals surface area contributed by atoms with Crippen LogP contribution >= 0.6 is 0 Å². The summed E-state index contributed by atoms with van der Waals surface area (Å²) in [5.74, 6) is -0.973. The first-order valence-electron chi connectivity index (χ1n) is 18.4. The first kappa shape index (κ1) is 41.7. The van der Waals surface area contributed by atoms with Crippen molar-refractivity contribution in [2.45, 2.75) is 149 Å².